The zero-order valence-corrected chi connectivity index (χ0v) is 14.2. The highest BCUT2D eigenvalue weighted by Gasteiger charge is 2.16. The number of fused-ring (bicyclic) bond motifs is 2. The molecule has 0 saturated carbocycles. The van der Waals surface area contributed by atoms with Crippen molar-refractivity contribution >= 4 is 28.4 Å². The minimum Gasteiger partial charge on any atom is -0.454 e. The Bertz CT molecular complexity index is 1300. The van der Waals surface area contributed by atoms with Crippen molar-refractivity contribution in [3.05, 3.63) is 68.2 Å². The summed E-state index contributed by atoms with van der Waals surface area (Å²) >= 11 is 0. The monoisotopic (exact) mass is 376 g/mol. The molecule has 138 valence electrons. The molecule has 2 aromatic carbocycles. The van der Waals surface area contributed by atoms with Gasteiger partial charge in [-0.2, -0.15) is 5.26 Å². The van der Waals surface area contributed by atoms with E-state index in [0.29, 0.717) is 17.1 Å². The zero-order chi connectivity index (χ0) is 19.7. The number of carbonyl (C=O) groups excluding carboxylic acids is 1. The maximum Gasteiger partial charge on any atom is 0.272 e. The highest BCUT2D eigenvalue weighted by atomic mass is 16.7. The lowest BCUT2D eigenvalue weighted by atomic mass is 10.1. The van der Waals surface area contributed by atoms with Gasteiger partial charge in [0, 0.05) is 0 Å². The number of carbonyl (C=O) groups is 1. The van der Waals surface area contributed by atoms with Crippen LogP contribution in [-0.2, 0) is 4.79 Å². The van der Waals surface area contributed by atoms with Gasteiger partial charge in [0.2, 0.25) is 6.79 Å². The van der Waals surface area contributed by atoms with E-state index in [1.807, 2.05) is 6.07 Å². The molecule has 9 heteroatoms. The number of hydrogen-bond acceptors (Lipinski definition) is 6. The van der Waals surface area contributed by atoms with Gasteiger partial charge in [-0.3, -0.25) is 24.6 Å². The number of aromatic nitrogens is 2. The van der Waals surface area contributed by atoms with Gasteiger partial charge >= 0.3 is 0 Å². The molecule has 1 aliphatic heterocycles. The molecule has 0 atom stereocenters. The lowest BCUT2D eigenvalue weighted by Crippen LogP contribution is -2.21. The number of hydrogen-bond donors (Lipinski definition) is 3. The number of ether oxygens (including phenoxy) is 2. The van der Waals surface area contributed by atoms with Crippen LogP contribution in [0.5, 0.6) is 11.5 Å². The van der Waals surface area contributed by atoms with E-state index in [1.54, 1.807) is 18.2 Å². The van der Waals surface area contributed by atoms with Crippen LogP contribution in [0.1, 0.15) is 5.56 Å². The van der Waals surface area contributed by atoms with Crippen molar-refractivity contribution in [2.45, 2.75) is 0 Å². The fourth-order valence-electron chi connectivity index (χ4n) is 2.84. The lowest BCUT2D eigenvalue weighted by Gasteiger charge is -2.07. The first-order valence-electron chi connectivity index (χ1n) is 8.13. The van der Waals surface area contributed by atoms with Crippen LogP contribution in [0.15, 0.2) is 51.6 Å². The van der Waals surface area contributed by atoms with E-state index in [9.17, 15) is 19.6 Å². The molecule has 28 heavy (non-hydrogen) atoms. The molecule has 2 heterocycles. The number of aromatic amines is 2. The van der Waals surface area contributed by atoms with Crippen molar-refractivity contribution in [1.82, 2.24) is 10.2 Å². The van der Waals surface area contributed by atoms with Crippen LogP contribution in [-0.4, -0.2) is 22.9 Å². The minimum absolute atomic E-state index is 0.0277. The summed E-state index contributed by atoms with van der Waals surface area (Å²) in [5.74, 6) is 0.388. The van der Waals surface area contributed by atoms with Gasteiger partial charge in [-0.15, -0.1) is 0 Å². The Morgan fingerprint density at radius 2 is 1.89 bits per heavy atom. The number of benzene rings is 2. The van der Waals surface area contributed by atoms with Gasteiger partial charge in [0.25, 0.3) is 17.0 Å². The Morgan fingerprint density at radius 1 is 1.11 bits per heavy atom. The Labute approximate surface area is 156 Å². The summed E-state index contributed by atoms with van der Waals surface area (Å²) in [4.78, 5) is 36.5. The zero-order valence-electron chi connectivity index (χ0n) is 14.2. The maximum absolute atomic E-state index is 12.6. The lowest BCUT2D eigenvalue weighted by molar-refractivity contribution is -0.112. The molecule has 9 nitrogen and oxygen atoms in total. The van der Waals surface area contributed by atoms with Gasteiger partial charge in [-0.25, -0.2) is 0 Å². The van der Waals surface area contributed by atoms with Crippen molar-refractivity contribution < 1.29 is 14.3 Å². The van der Waals surface area contributed by atoms with Crippen LogP contribution in [0.25, 0.3) is 16.8 Å². The van der Waals surface area contributed by atoms with E-state index < -0.39 is 17.0 Å². The van der Waals surface area contributed by atoms with Gasteiger partial charge < -0.3 is 14.8 Å². The van der Waals surface area contributed by atoms with Crippen LogP contribution in [0.3, 0.4) is 0 Å². The SMILES string of the molecule is N#C/C(=C\c1ccc2c(c1)OCO2)C(=O)Nc1cccc2c(=O)[nH][nH]c(=O)c12. The summed E-state index contributed by atoms with van der Waals surface area (Å²) in [5.41, 5.74) is -0.548. The van der Waals surface area contributed by atoms with Crippen molar-refractivity contribution in [1.29, 1.82) is 5.26 Å². The van der Waals surface area contributed by atoms with E-state index in [4.69, 9.17) is 9.47 Å². The summed E-state index contributed by atoms with van der Waals surface area (Å²) in [6, 6.07) is 11.3. The van der Waals surface area contributed by atoms with E-state index >= 15 is 0 Å². The normalized spacial score (nSPS) is 12.6. The number of rotatable bonds is 3. The first-order valence-corrected chi connectivity index (χ1v) is 8.13. The smallest absolute Gasteiger partial charge is 0.272 e. The number of nitriles is 1. The summed E-state index contributed by atoms with van der Waals surface area (Å²) < 4.78 is 10.5. The second-order valence-corrected chi connectivity index (χ2v) is 5.87. The Balaban J connectivity index is 1.69. The topological polar surface area (TPSA) is 137 Å². The molecule has 1 aliphatic rings. The molecule has 0 radical (unpaired) electrons. The van der Waals surface area contributed by atoms with E-state index in [-0.39, 0.29) is 28.8 Å². The van der Waals surface area contributed by atoms with Crippen molar-refractivity contribution in [3.63, 3.8) is 0 Å². The van der Waals surface area contributed by atoms with Gasteiger partial charge in [0.15, 0.2) is 11.5 Å². The molecule has 0 spiro atoms. The van der Waals surface area contributed by atoms with Crippen molar-refractivity contribution in [3.8, 4) is 17.6 Å². The maximum atomic E-state index is 12.6. The fourth-order valence-corrected chi connectivity index (χ4v) is 2.84. The molecule has 3 N–H and O–H groups in total. The van der Waals surface area contributed by atoms with Crippen LogP contribution in [0.4, 0.5) is 5.69 Å². The van der Waals surface area contributed by atoms with E-state index in [0.717, 1.165) is 0 Å². The number of amides is 1. The first kappa shape index (κ1) is 17.1. The quantitative estimate of drug-likeness (QED) is 0.468. The molecular weight excluding hydrogens is 364 g/mol. The second kappa shape index (κ2) is 6.77. The van der Waals surface area contributed by atoms with Gasteiger partial charge in [0.05, 0.1) is 16.5 Å². The van der Waals surface area contributed by atoms with Crippen LogP contribution in [0, 0.1) is 11.3 Å². The third-order valence-electron chi connectivity index (χ3n) is 4.15. The molecule has 0 unspecified atom stereocenters. The summed E-state index contributed by atoms with van der Waals surface area (Å²) in [6.45, 7) is 0.114. The van der Waals surface area contributed by atoms with E-state index in [1.165, 1.54) is 24.3 Å². The average molecular weight is 376 g/mol. The molecular formula is C19H12N4O5. The molecule has 1 amide bonds. The minimum atomic E-state index is -0.715. The standard InChI is InChI=1S/C19H12N4O5/c20-8-11(6-10-4-5-14-15(7-10)28-9-27-14)17(24)21-13-3-1-2-12-16(13)19(26)23-22-18(12)25/h1-7H,9H2,(H,21,24)(H,22,25)(H,23,26)/b11-6+. The Hall–Kier alpha value is -4.32. The first-order chi connectivity index (χ1) is 13.6. The number of anilines is 1. The highest BCUT2D eigenvalue weighted by Crippen LogP contribution is 2.33. The predicted molar refractivity (Wildman–Crippen MR) is 100.0 cm³/mol. The molecule has 1 aromatic heterocycles. The van der Waals surface area contributed by atoms with Crippen molar-refractivity contribution in [2.24, 2.45) is 0 Å². The molecule has 3 aromatic rings. The van der Waals surface area contributed by atoms with Crippen LogP contribution >= 0.6 is 0 Å². The fraction of sp³-hybridized carbons (Fsp3) is 0.0526. The Morgan fingerprint density at radius 3 is 2.71 bits per heavy atom. The van der Waals surface area contributed by atoms with Gasteiger partial charge in [-0.1, -0.05) is 12.1 Å². The number of nitrogens with one attached hydrogen (secondary N) is 3. The molecule has 0 saturated heterocycles. The molecule has 0 bridgehead atoms. The third kappa shape index (κ3) is 2.99. The molecule has 0 aliphatic carbocycles. The van der Waals surface area contributed by atoms with Crippen LogP contribution < -0.4 is 25.9 Å². The predicted octanol–water partition coefficient (Wildman–Crippen LogP) is 1.49. The molecule has 0 fully saturated rings. The van der Waals surface area contributed by atoms with E-state index in [2.05, 4.69) is 15.5 Å². The van der Waals surface area contributed by atoms with Crippen LogP contribution in [0.2, 0.25) is 0 Å². The summed E-state index contributed by atoms with van der Waals surface area (Å²) in [5, 5.41) is 16.5. The van der Waals surface area contributed by atoms with Gasteiger partial charge in [0.1, 0.15) is 11.6 Å². The third-order valence-corrected chi connectivity index (χ3v) is 4.15. The summed E-state index contributed by atoms with van der Waals surface area (Å²) in [6.07, 6.45) is 1.39. The number of nitrogens with zero attached hydrogens (tertiary/aromatic N) is 1. The second-order valence-electron chi connectivity index (χ2n) is 5.87. The number of H-pyrrole nitrogens is 2. The van der Waals surface area contributed by atoms with Gasteiger partial charge in [-0.05, 0) is 35.9 Å². The summed E-state index contributed by atoms with van der Waals surface area (Å²) in [7, 11) is 0. The highest BCUT2D eigenvalue weighted by molar-refractivity contribution is 6.12. The average Bonchev–Trinajstić information content (AvgIpc) is 3.17. The van der Waals surface area contributed by atoms with Crippen molar-refractivity contribution in [2.75, 3.05) is 12.1 Å². The largest absolute Gasteiger partial charge is 0.454 e. The molecule has 4 rings (SSSR count). The Kier molecular flexibility index (Phi) is 4.14.